The molecule has 2 aliphatic carbocycles. The van der Waals surface area contributed by atoms with Crippen LogP contribution in [0.4, 0.5) is 0 Å². The van der Waals surface area contributed by atoms with Gasteiger partial charge in [-0.1, -0.05) is 38.5 Å². The van der Waals surface area contributed by atoms with Gasteiger partial charge in [0.05, 0.1) is 0 Å². The Bertz CT molecular complexity index is 336. The van der Waals surface area contributed by atoms with Gasteiger partial charge in [-0.25, -0.2) is 11.3 Å². The Morgan fingerprint density at radius 1 is 0.900 bits per heavy atom. The largest absolute Gasteiger partial charge is 0.327 e. The first-order chi connectivity index (χ1) is 9.72. The van der Waals surface area contributed by atoms with Gasteiger partial charge in [0, 0.05) is 12.1 Å². The van der Waals surface area contributed by atoms with Gasteiger partial charge in [0.1, 0.15) is 0 Å². The zero-order chi connectivity index (χ0) is 14.4. The zero-order valence-corrected chi connectivity index (χ0v) is 12.1. The van der Waals surface area contributed by atoms with Crippen LogP contribution in [0.2, 0.25) is 0 Å². The first-order valence-corrected chi connectivity index (χ1v) is 7.82. The van der Waals surface area contributed by atoms with E-state index in [1.807, 2.05) is 5.43 Å². The van der Waals surface area contributed by atoms with E-state index in [1.165, 1.54) is 25.7 Å². The molecule has 0 saturated heterocycles. The Morgan fingerprint density at radius 3 is 2.00 bits per heavy atom. The molecule has 0 aromatic carbocycles. The summed E-state index contributed by atoms with van der Waals surface area (Å²) in [5, 5.41) is 1.57. The molecule has 4 N–H and O–H groups in total. The normalized spacial score (nSPS) is 21.4. The van der Waals surface area contributed by atoms with Gasteiger partial charge in [-0.3, -0.25) is 20.0 Å². The Morgan fingerprint density at radius 2 is 1.45 bits per heavy atom. The van der Waals surface area contributed by atoms with Gasteiger partial charge in [-0.05, 0) is 25.7 Å². The molecule has 114 valence electrons. The third-order valence-corrected chi connectivity index (χ3v) is 4.41. The molecule has 0 bridgehead atoms. The second-order valence-corrected chi connectivity index (χ2v) is 5.90. The van der Waals surface area contributed by atoms with Crippen molar-refractivity contribution in [3.05, 3.63) is 0 Å². The molecule has 2 aliphatic rings. The number of hydrogen-bond acceptors (Lipinski definition) is 4. The van der Waals surface area contributed by atoms with Gasteiger partial charge in [0.2, 0.25) is 0 Å². The first kappa shape index (κ1) is 15.3. The highest BCUT2D eigenvalue weighted by Crippen LogP contribution is 2.24. The number of nitrogens with zero attached hydrogens (tertiary/aromatic N) is 1. The second kappa shape index (κ2) is 7.59. The van der Waals surface area contributed by atoms with Crippen LogP contribution in [0.5, 0.6) is 0 Å². The maximum Gasteiger partial charge on any atom is 0.327 e. The molecular weight excluding hydrogens is 256 g/mol. The minimum Gasteiger partial charge on any atom is -0.286 e. The van der Waals surface area contributed by atoms with Crippen molar-refractivity contribution in [1.29, 1.82) is 0 Å². The lowest BCUT2D eigenvalue weighted by atomic mass is 9.94. The van der Waals surface area contributed by atoms with E-state index >= 15 is 0 Å². The fraction of sp³-hybridized carbons (Fsp3) is 0.857. The number of hydrazine groups is 2. The van der Waals surface area contributed by atoms with E-state index < -0.39 is 11.8 Å². The van der Waals surface area contributed by atoms with Crippen LogP contribution < -0.4 is 16.7 Å². The number of hydrogen-bond donors (Lipinski definition) is 3. The second-order valence-electron chi connectivity index (χ2n) is 5.90. The van der Waals surface area contributed by atoms with Crippen LogP contribution in [0, 0.1) is 0 Å². The highest BCUT2D eigenvalue weighted by atomic mass is 16.2. The molecule has 6 nitrogen and oxygen atoms in total. The van der Waals surface area contributed by atoms with Gasteiger partial charge in [-0.15, -0.1) is 0 Å². The smallest absolute Gasteiger partial charge is 0.286 e. The summed E-state index contributed by atoms with van der Waals surface area (Å²) >= 11 is 0. The van der Waals surface area contributed by atoms with Crippen LogP contribution in [0.1, 0.15) is 64.2 Å². The molecule has 0 aromatic rings. The minimum atomic E-state index is -0.737. The summed E-state index contributed by atoms with van der Waals surface area (Å²) in [5.41, 5.74) is 5.26. The Hall–Kier alpha value is -1.14. The van der Waals surface area contributed by atoms with E-state index in [-0.39, 0.29) is 6.04 Å². The Balaban J connectivity index is 2.01. The van der Waals surface area contributed by atoms with Crippen molar-refractivity contribution in [2.45, 2.75) is 76.3 Å². The van der Waals surface area contributed by atoms with E-state index in [0.717, 1.165) is 38.5 Å². The molecule has 2 amide bonds. The lowest BCUT2D eigenvalue weighted by Crippen LogP contribution is -2.58. The Kier molecular flexibility index (Phi) is 5.79. The van der Waals surface area contributed by atoms with Crippen LogP contribution >= 0.6 is 0 Å². The molecule has 20 heavy (non-hydrogen) atoms. The van der Waals surface area contributed by atoms with Crippen LogP contribution in [-0.2, 0) is 9.59 Å². The van der Waals surface area contributed by atoms with Crippen molar-refractivity contribution in [1.82, 2.24) is 15.9 Å². The topological polar surface area (TPSA) is 87.5 Å². The molecule has 6 heteroatoms. The maximum absolute atomic E-state index is 12.2. The summed E-state index contributed by atoms with van der Waals surface area (Å²) in [6, 6.07) is 0.427. The van der Waals surface area contributed by atoms with Crippen molar-refractivity contribution in [3.8, 4) is 0 Å². The number of carbonyl (C=O) groups is 2. The third kappa shape index (κ3) is 3.93. The predicted octanol–water partition coefficient (Wildman–Crippen LogP) is 0.975. The van der Waals surface area contributed by atoms with Crippen molar-refractivity contribution in [2.24, 2.45) is 5.84 Å². The van der Waals surface area contributed by atoms with Gasteiger partial charge in [-0.2, -0.15) is 0 Å². The summed E-state index contributed by atoms with van der Waals surface area (Å²) < 4.78 is 0. The lowest BCUT2D eigenvalue weighted by molar-refractivity contribution is -0.151. The van der Waals surface area contributed by atoms with Crippen molar-refractivity contribution in [2.75, 3.05) is 0 Å². The Labute approximate surface area is 120 Å². The maximum atomic E-state index is 12.2. The molecule has 2 rings (SSSR count). The van der Waals surface area contributed by atoms with Crippen LogP contribution in [0.15, 0.2) is 0 Å². The highest BCUT2D eigenvalue weighted by molar-refractivity contribution is 6.34. The number of nitrogens with one attached hydrogen (secondary N) is 2. The van der Waals surface area contributed by atoms with Crippen LogP contribution in [0.3, 0.4) is 0 Å². The molecule has 0 atom stereocenters. The molecule has 0 aromatic heterocycles. The zero-order valence-electron chi connectivity index (χ0n) is 12.1. The van der Waals surface area contributed by atoms with E-state index in [1.54, 1.807) is 5.01 Å². The van der Waals surface area contributed by atoms with Gasteiger partial charge < -0.3 is 0 Å². The third-order valence-electron chi connectivity index (χ3n) is 4.41. The van der Waals surface area contributed by atoms with Gasteiger partial charge >= 0.3 is 11.8 Å². The molecule has 0 heterocycles. The van der Waals surface area contributed by atoms with Gasteiger partial charge in [0.15, 0.2) is 0 Å². The summed E-state index contributed by atoms with van der Waals surface area (Å²) in [4.78, 5) is 23.8. The fourth-order valence-electron chi connectivity index (χ4n) is 3.27. The SMILES string of the molecule is NNC(=O)C(=O)N(NC1CCCCC1)C1CCCCC1. The molecule has 2 fully saturated rings. The quantitative estimate of drug-likeness (QED) is 0.311. The molecule has 2 saturated carbocycles. The average Bonchev–Trinajstić information content (AvgIpc) is 2.53. The molecule has 0 aliphatic heterocycles. The van der Waals surface area contributed by atoms with Crippen molar-refractivity contribution in [3.63, 3.8) is 0 Å². The highest BCUT2D eigenvalue weighted by Gasteiger charge is 2.31. The molecule has 0 radical (unpaired) electrons. The van der Waals surface area contributed by atoms with E-state index in [0.29, 0.717) is 6.04 Å². The minimum absolute atomic E-state index is 0.121. The van der Waals surface area contributed by atoms with Gasteiger partial charge in [0.25, 0.3) is 0 Å². The number of nitrogens with two attached hydrogens (primary N) is 1. The van der Waals surface area contributed by atoms with Crippen LogP contribution in [-0.4, -0.2) is 28.9 Å². The number of carbonyl (C=O) groups excluding carboxylic acids is 2. The van der Waals surface area contributed by atoms with E-state index in [4.69, 9.17) is 5.84 Å². The number of amides is 2. The van der Waals surface area contributed by atoms with Crippen LogP contribution in [0.25, 0.3) is 0 Å². The first-order valence-electron chi connectivity index (χ1n) is 7.82. The van der Waals surface area contributed by atoms with E-state index in [9.17, 15) is 9.59 Å². The molecule has 0 unspecified atom stereocenters. The molecule has 0 spiro atoms. The predicted molar refractivity (Wildman–Crippen MR) is 76.1 cm³/mol. The van der Waals surface area contributed by atoms with E-state index in [2.05, 4.69) is 5.43 Å². The summed E-state index contributed by atoms with van der Waals surface area (Å²) in [6.07, 6.45) is 11.1. The number of rotatable bonds is 3. The molecular formula is C14H26N4O2. The average molecular weight is 282 g/mol. The van der Waals surface area contributed by atoms with Crippen molar-refractivity contribution >= 4 is 11.8 Å². The summed E-state index contributed by atoms with van der Waals surface area (Å²) in [6.45, 7) is 0. The fourth-order valence-corrected chi connectivity index (χ4v) is 3.27. The standard InChI is InChI=1S/C14H26N4O2/c15-16-13(19)14(20)18(12-9-5-2-6-10-12)17-11-7-3-1-4-8-11/h11-12,17H,1-10,15H2,(H,16,19). The van der Waals surface area contributed by atoms with Crippen molar-refractivity contribution < 1.29 is 9.59 Å². The summed E-state index contributed by atoms with van der Waals surface area (Å²) in [5.74, 6) is 3.81. The lowest BCUT2D eigenvalue weighted by Gasteiger charge is -2.37. The monoisotopic (exact) mass is 282 g/mol. The summed E-state index contributed by atoms with van der Waals surface area (Å²) in [7, 11) is 0.